The molecule has 4 rings (SSSR count). The van der Waals surface area contributed by atoms with E-state index >= 15 is 0 Å². The van der Waals surface area contributed by atoms with E-state index in [1.807, 2.05) is 0 Å². The largest absolute Gasteiger partial charge is 0.340 e. The molecule has 2 aromatic carbocycles. The molecule has 122 valence electrons. The maximum absolute atomic E-state index is 2.50. The predicted molar refractivity (Wildman–Crippen MR) is 106 cm³/mol. The Hall–Kier alpha value is -2.06. The first kappa shape index (κ1) is 15.5. The molecule has 0 aliphatic heterocycles. The van der Waals surface area contributed by atoms with Crippen molar-refractivity contribution in [3.63, 3.8) is 0 Å². The Morgan fingerprint density at radius 3 is 2.04 bits per heavy atom. The molecule has 0 fully saturated rings. The van der Waals surface area contributed by atoms with Crippen molar-refractivity contribution in [1.29, 1.82) is 0 Å². The lowest BCUT2D eigenvalue weighted by Gasteiger charge is -2.07. The standard InChI is InChI=1S/C22H23NS/c1(3-9-18-14-16-24-17-18)2-8-15-23-21-12-6-4-10-19(21)20-11-5-7-13-22(20)23/h4-7,10-14,16-17H,1-3,8-9,15H2. The minimum absolute atomic E-state index is 1.12. The van der Waals surface area contributed by atoms with E-state index in [4.69, 9.17) is 0 Å². The van der Waals surface area contributed by atoms with Crippen LogP contribution < -0.4 is 0 Å². The Labute approximate surface area is 147 Å². The van der Waals surface area contributed by atoms with Gasteiger partial charge in [-0.1, -0.05) is 49.2 Å². The molecular formula is C22H23NS. The van der Waals surface area contributed by atoms with Crippen molar-refractivity contribution in [2.24, 2.45) is 0 Å². The fourth-order valence-corrected chi connectivity index (χ4v) is 4.33. The van der Waals surface area contributed by atoms with Crippen LogP contribution in [0.25, 0.3) is 21.8 Å². The number of nitrogens with zero attached hydrogens (tertiary/aromatic N) is 1. The van der Waals surface area contributed by atoms with Crippen LogP contribution in [0, 0.1) is 0 Å². The SMILES string of the molecule is c1ccc2c(c1)c1ccccc1n2CCCCCCc1ccsc1. The monoisotopic (exact) mass is 333 g/mol. The van der Waals surface area contributed by atoms with Crippen LogP contribution in [-0.4, -0.2) is 4.57 Å². The van der Waals surface area contributed by atoms with Crippen molar-refractivity contribution in [2.45, 2.75) is 38.6 Å². The van der Waals surface area contributed by atoms with Crippen LogP contribution in [0.3, 0.4) is 0 Å². The molecule has 4 aromatic rings. The Morgan fingerprint density at radius 1 is 0.708 bits per heavy atom. The normalized spacial score (nSPS) is 11.5. The van der Waals surface area contributed by atoms with Gasteiger partial charge in [-0.15, -0.1) is 0 Å². The van der Waals surface area contributed by atoms with Gasteiger partial charge in [0.25, 0.3) is 0 Å². The highest BCUT2D eigenvalue weighted by molar-refractivity contribution is 7.07. The number of hydrogen-bond donors (Lipinski definition) is 0. The van der Waals surface area contributed by atoms with Gasteiger partial charge in [-0.25, -0.2) is 0 Å². The Kier molecular flexibility index (Phi) is 4.66. The highest BCUT2D eigenvalue weighted by Gasteiger charge is 2.08. The maximum Gasteiger partial charge on any atom is 0.0491 e. The Morgan fingerprint density at radius 2 is 1.38 bits per heavy atom. The second kappa shape index (κ2) is 7.23. The van der Waals surface area contributed by atoms with Crippen LogP contribution in [0.1, 0.15) is 31.2 Å². The molecule has 0 N–H and O–H groups in total. The number of aromatic nitrogens is 1. The van der Waals surface area contributed by atoms with Crippen LogP contribution in [-0.2, 0) is 13.0 Å². The zero-order valence-electron chi connectivity index (χ0n) is 13.9. The molecule has 24 heavy (non-hydrogen) atoms. The number of unbranched alkanes of at least 4 members (excludes halogenated alkanes) is 3. The smallest absolute Gasteiger partial charge is 0.0491 e. The first-order chi connectivity index (χ1) is 11.9. The van der Waals surface area contributed by atoms with Gasteiger partial charge < -0.3 is 4.57 Å². The van der Waals surface area contributed by atoms with Crippen molar-refractivity contribution >= 4 is 33.1 Å². The molecule has 0 spiro atoms. The summed E-state index contributed by atoms with van der Waals surface area (Å²) in [7, 11) is 0. The average molecular weight is 333 g/mol. The van der Waals surface area contributed by atoms with Crippen molar-refractivity contribution in [3.05, 3.63) is 70.9 Å². The van der Waals surface area contributed by atoms with Gasteiger partial charge in [-0.05, 0) is 53.8 Å². The number of fused-ring (bicyclic) bond motifs is 3. The molecule has 0 bridgehead atoms. The first-order valence-corrected chi connectivity index (χ1v) is 9.85. The van der Waals surface area contributed by atoms with E-state index in [9.17, 15) is 0 Å². The molecule has 2 heterocycles. The molecule has 1 nitrogen and oxygen atoms in total. The summed E-state index contributed by atoms with van der Waals surface area (Å²) >= 11 is 1.80. The minimum atomic E-state index is 1.12. The number of rotatable bonds is 7. The zero-order chi connectivity index (χ0) is 16.2. The molecular weight excluding hydrogens is 310 g/mol. The number of para-hydroxylation sites is 2. The van der Waals surface area contributed by atoms with Gasteiger partial charge in [0.2, 0.25) is 0 Å². The molecule has 0 amide bonds. The van der Waals surface area contributed by atoms with E-state index in [0.717, 1.165) is 6.54 Å². The maximum atomic E-state index is 2.50. The summed E-state index contributed by atoms with van der Waals surface area (Å²) in [5.41, 5.74) is 4.25. The molecule has 0 atom stereocenters. The lowest BCUT2D eigenvalue weighted by atomic mass is 10.1. The van der Waals surface area contributed by atoms with Gasteiger partial charge in [0.05, 0.1) is 0 Å². The van der Waals surface area contributed by atoms with E-state index in [1.165, 1.54) is 59.5 Å². The zero-order valence-corrected chi connectivity index (χ0v) is 14.8. The van der Waals surface area contributed by atoms with Gasteiger partial charge >= 0.3 is 0 Å². The highest BCUT2D eigenvalue weighted by atomic mass is 32.1. The minimum Gasteiger partial charge on any atom is -0.340 e. The Bertz CT molecular complexity index is 864. The summed E-state index contributed by atoms with van der Waals surface area (Å²) < 4.78 is 2.50. The number of hydrogen-bond acceptors (Lipinski definition) is 1. The third-order valence-corrected chi connectivity index (χ3v) is 5.59. The fraction of sp³-hybridized carbons (Fsp3) is 0.273. The average Bonchev–Trinajstić information content (AvgIpc) is 3.25. The third kappa shape index (κ3) is 3.11. The lowest BCUT2D eigenvalue weighted by Crippen LogP contribution is -1.97. The fourth-order valence-electron chi connectivity index (χ4n) is 3.63. The van der Waals surface area contributed by atoms with E-state index in [1.54, 1.807) is 11.3 Å². The van der Waals surface area contributed by atoms with Gasteiger partial charge in [-0.2, -0.15) is 11.3 Å². The highest BCUT2D eigenvalue weighted by Crippen LogP contribution is 2.29. The number of thiophene rings is 1. The third-order valence-electron chi connectivity index (χ3n) is 4.86. The van der Waals surface area contributed by atoms with Gasteiger partial charge in [0.15, 0.2) is 0 Å². The van der Waals surface area contributed by atoms with Crippen molar-refractivity contribution in [3.8, 4) is 0 Å². The molecule has 0 radical (unpaired) electrons. The van der Waals surface area contributed by atoms with Crippen LogP contribution in [0.15, 0.2) is 65.4 Å². The van der Waals surface area contributed by atoms with E-state index < -0.39 is 0 Å². The van der Waals surface area contributed by atoms with Crippen molar-refractivity contribution in [1.82, 2.24) is 4.57 Å². The Balaban J connectivity index is 1.40. The molecule has 2 aromatic heterocycles. The van der Waals surface area contributed by atoms with E-state index in [-0.39, 0.29) is 0 Å². The van der Waals surface area contributed by atoms with Gasteiger partial charge in [-0.3, -0.25) is 0 Å². The van der Waals surface area contributed by atoms with Crippen molar-refractivity contribution in [2.75, 3.05) is 0 Å². The summed E-state index contributed by atoms with van der Waals surface area (Å²) in [5.74, 6) is 0. The molecule has 0 saturated heterocycles. The lowest BCUT2D eigenvalue weighted by molar-refractivity contribution is 0.589. The van der Waals surface area contributed by atoms with Crippen LogP contribution in [0.5, 0.6) is 0 Å². The first-order valence-electron chi connectivity index (χ1n) is 8.90. The number of aryl methyl sites for hydroxylation is 2. The van der Waals surface area contributed by atoms with E-state index in [2.05, 4.69) is 69.9 Å². The molecule has 0 saturated carbocycles. The summed E-state index contributed by atoms with van der Waals surface area (Å²) in [6, 6.07) is 19.8. The second-order valence-electron chi connectivity index (χ2n) is 6.48. The topological polar surface area (TPSA) is 4.93 Å². The molecule has 0 aliphatic carbocycles. The predicted octanol–water partition coefficient (Wildman–Crippen LogP) is 6.66. The molecule has 0 unspecified atom stereocenters. The summed E-state index contributed by atoms with van der Waals surface area (Å²) in [5, 5.41) is 7.21. The second-order valence-corrected chi connectivity index (χ2v) is 7.26. The van der Waals surface area contributed by atoms with Crippen LogP contribution in [0.2, 0.25) is 0 Å². The van der Waals surface area contributed by atoms with Crippen LogP contribution >= 0.6 is 11.3 Å². The van der Waals surface area contributed by atoms with Crippen LogP contribution in [0.4, 0.5) is 0 Å². The van der Waals surface area contributed by atoms with Gasteiger partial charge in [0.1, 0.15) is 0 Å². The summed E-state index contributed by atoms with van der Waals surface area (Å²) in [6.45, 7) is 1.12. The summed E-state index contributed by atoms with van der Waals surface area (Å²) in [4.78, 5) is 0. The quantitative estimate of drug-likeness (QED) is 0.333. The molecule has 0 aliphatic rings. The molecule has 2 heteroatoms. The van der Waals surface area contributed by atoms with E-state index in [0.29, 0.717) is 0 Å². The summed E-state index contributed by atoms with van der Waals surface area (Å²) in [6.07, 6.45) is 6.44. The van der Waals surface area contributed by atoms with Gasteiger partial charge in [0, 0.05) is 28.4 Å². The number of benzene rings is 2. The van der Waals surface area contributed by atoms with Crippen molar-refractivity contribution < 1.29 is 0 Å².